The molecule has 0 amide bonds. The van der Waals surface area contributed by atoms with E-state index in [1.165, 1.54) is 0 Å². The van der Waals surface area contributed by atoms with Gasteiger partial charge in [0.05, 0.1) is 17.0 Å². The van der Waals surface area contributed by atoms with E-state index in [2.05, 4.69) is 23.8 Å². The maximum absolute atomic E-state index is 6.11. The summed E-state index contributed by atoms with van der Waals surface area (Å²) >= 11 is 0. The van der Waals surface area contributed by atoms with Crippen LogP contribution in [0.4, 0.5) is 0 Å². The Kier molecular flexibility index (Phi) is 10.1. The van der Waals surface area contributed by atoms with E-state index in [9.17, 15) is 0 Å². The van der Waals surface area contributed by atoms with E-state index in [1.807, 2.05) is 36.4 Å². The zero-order valence-electron chi connectivity index (χ0n) is 12.0. The molecule has 0 aliphatic rings. The van der Waals surface area contributed by atoms with E-state index in [0.717, 1.165) is 17.3 Å². The molecule has 0 saturated heterocycles. The molecule has 0 spiro atoms. The van der Waals surface area contributed by atoms with Crippen molar-refractivity contribution in [2.75, 3.05) is 0 Å². The number of halogens is 1. The maximum atomic E-state index is 6.11. The van der Waals surface area contributed by atoms with Gasteiger partial charge in [-0.2, -0.15) is 0 Å². The van der Waals surface area contributed by atoms with Gasteiger partial charge in [0.15, 0.2) is 0 Å². The number of hydrogen-bond donors (Lipinski definition) is 0. The van der Waals surface area contributed by atoms with Crippen molar-refractivity contribution in [2.24, 2.45) is 0 Å². The van der Waals surface area contributed by atoms with Crippen LogP contribution in [0.5, 0.6) is 0 Å². The van der Waals surface area contributed by atoms with Crippen LogP contribution in [0, 0.1) is 0 Å². The standard InChI is InChI=1S/C14H17N2OP.ClH.Li/c1-3-12(2)17-18(13-8-4-6-10-15-13)14-9-5-7-11-16-14;;/h4-12H,3H2,1-2H3;1H;/q;;+1/p-1/t12-;;/m0../s1. The van der Waals surface area contributed by atoms with Gasteiger partial charge in [0.25, 0.3) is 0 Å². The third-order valence-electron chi connectivity index (χ3n) is 2.57. The van der Waals surface area contributed by atoms with Crippen LogP contribution < -0.4 is 42.1 Å². The van der Waals surface area contributed by atoms with Gasteiger partial charge in [0, 0.05) is 12.4 Å². The third-order valence-corrected chi connectivity index (χ3v) is 4.51. The molecule has 6 heteroatoms. The van der Waals surface area contributed by atoms with E-state index in [4.69, 9.17) is 4.52 Å². The first-order chi connectivity index (χ1) is 8.81. The maximum Gasteiger partial charge on any atom is 1.00 e. The summed E-state index contributed by atoms with van der Waals surface area (Å²) in [5, 5.41) is 0. The Morgan fingerprint density at radius 1 is 1.05 bits per heavy atom. The van der Waals surface area contributed by atoms with Crippen LogP contribution in [0.25, 0.3) is 0 Å². The first kappa shape index (κ1) is 19.6. The Labute approximate surface area is 140 Å². The van der Waals surface area contributed by atoms with Crippen LogP contribution >= 0.6 is 8.15 Å². The third kappa shape index (κ3) is 5.52. The molecule has 0 fully saturated rings. The van der Waals surface area contributed by atoms with Crippen molar-refractivity contribution in [1.82, 2.24) is 9.97 Å². The van der Waals surface area contributed by atoms with Crippen LogP contribution in [-0.2, 0) is 4.52 Å². The minimum atomic E-state index is -0.918. The van der Waals surface area contributed by atoms with Crippen LogP contribution in [0.1, 0.15) is 20.3 Å². The summed E-state index contributed by atoms with van der Waals surface area (Å²) in [6, 6.07) is 11.8. The van der Waals surface area contributed by atoms with Crippen molar-refractivity contribution >= 4 is 19.0 Å². The first-order valence-electron chi connectivity index (χ1n) is 6.10. The summed E-state index contributed by atoms with van der Waals surface area (Å²) in [7, 11) is -0.918. The molecular weight excluding hydrogens is 286 g/mol. The predicted molar refractivity (Wildman–Crippen MR) is 75.5 cm³/mol. The molecular formula is C14H17ClLiN2OP. The molecule has 20 heavy (non-hydrogen) atoms. The molecule has 0 radical (unpaired) electrons. The van der Waals surface area contributed by atoms with Gasteiger partial charge in [0.1, 0.15) is 8.15 Å². The number of aromatic nitrogens is 2. The molecule has 102 valence electrons. The summed E-state index contributed by atoms with van der Waals surface area (Å²) in [5.41, 5.74) is 1.93. The number of hydrogen-bond acceptors (Lipinski definition) is 3. The summed E-state index contributed by atoms with van der Waals surface area (Å²) in [5.74, 6) is 0. The molecule has 2 heterocycles. The van der Waals surface area contributed by atoms with Gasteiger partial charge < -0.3 is 16.9 Å². The molecule has 1 atom stereocenters. The molecule has 0 saturated carbocycles. The van der Waals surface area contributed by atoms with Gasteiger partial charge in [0.2, 0.25) is 0 Å². The molecule has 0 aliphatic heterocycles. The van der Waals surface area contributed by atoms with E-state index in [1.54, 1.807) is 12.4 Å². The topological polar surface area (TPSA) is 35.0 Å². The van der Waals surface area contributed by atoms with Crippen molar-refractivity contribution in [3.8, 4) is 0 Å². The molecule has 2 rings (SSSR count). The monoisotopic (exact) mass is 302 g/mol. The van der Waals surface area contributed by atoms with Gasteiger partial charge in [-0.3, -0.25) is 9.97 Å². The van der Waals surface area contributed by atoms with Crippen molar-refractivity contribution < 1.29 is 35.8 Å². The largest absolute Gasteiger partial charge is 1.00 e. The van der Waals surface area contributed by atoms with Crippen molar-refractivity contribution in [2.45, 2.75) is 26.4 Å². The molecule has 0 aliphatic carbocycles. The fraction of sp³-hybridized carbons (Fsp3) is 0.286. The van der Waals surface area contributed by atoms with E-state index in [-0.39, 0.29) is 37.4 Å². The van der Waals surface area contributed by atoms with Gasteiger partial charge in [-0.05, 0) is 37.6 Å². The molecule has 3 nitrogen and oxygen atoms in total. The normalized spacial score (nSPS) is 11.3. The minimum absolute atomic E-state index is 0. The first-order valence-corrected chi connectivity index (χ1v) is 7.36. The fourth-order valence-corrected chi connectivity index (χ4v) is 3.17. The molecule has 0 aromatic carbocycles. The van der Waals surface area contributed by atoms with E-state index >= 15 is 0 Å². The van der Waals surface area contributed by atoms with Gasteiger partial charge in [-0.15, -0.1) is 0 Å². The molecule has 2 aromatic rings. The zero-order valence-corrected chi connectivity index (χ0v) is 13.7. The number of rotatable bonds is 5. The Balaban J connectivity index is 0.00000180. The summed E-state index contributed by atoms with van der Waals surface area (Å²) in [6.07, 6.45) is 4.79. The van der Waals surface area contributed by atoms with Gasteiger partial charge in [-0.25, -0.2) is 0 Å². The van der Waals surface area contributed by atoms with Crippen LogP contribution in [-0.4, -0.2) is 16.1 Å². The van der Waals surface area contributed by atoms with Crippen molar-refractivity contribution in [3.63, 3.8) is 0 Å². The van der Waals surface area contributed by atoms with Gasteiger partial charge in [-0.1, -0.05) is 19.1 Å². The molecule has 0 N–H and O–H groups in total. The molecule has 0 unspecified atom stereocenters. The Hall–Kier alpha value is -0.423. The molecule has 0 bridgehead atoms. The minimum Gasteiger partial charge on any atom is -1.00 e. The van der Waals surface area contributed by atoms with Crippen molar-refractivity contribution in [3.05, 3.63) is 48.8 Å². The number of nitrogens with zero attached hydrogens (tertiary/aromatic N) is 2. The Morgan fingerprint density at radius 3 is 1.90 bits per heavy atom. The van der Waals surface area contributed by atoms with Gasteiger partial charge >= 0.3 is 18.9 Å². The molecule has 2 aromatic heterocycles. The second-order valence-electron chi connectivity index (χ2n) is 3.99. The van der Waals surface area contributed by atoms with E-state index in [0.29, 0.717) is 0 Å². The summed E-state index contributed by atoms with van der Waals surface area (Å²) in [6.45, 7) is 4.20. The Bertz CT molecular complexity index is 436. The summed E-state index contributed by atoms with van der Waals surface area (Å²) < 4.78 is 6.11. The quantitative estimate of drug-likeness (QED) is 0.428. The zero-order chi connectivity index (χ0) is 12.8. The predicted octanol–water partition coefficient (Wildman–Crippen LogP) is -3.35. The Morgan fingerprint density at radius 2 is 1.55 bits per heavy atom. The van der Waals surface area contributed by atoms with Crippen LogP contribution in [0.15, 0.2) is 48.8 Å². The smallest absolute Gasteiger partial charge is 1.00 e. The second kappa shape index (κ2) is 10.3. The average Bonchev–Trinajstić information content (AvgIpc) is 2.46. The second-order valence-corrected chi connectivity index (χ2v) is 5.71. The van der Waals surface area contributed by atoms with E-state index < -0.39 is 8.15 Å². The fourth-order valence-electron chi connectivity index (χ4n) is 1.43. The summed E-state index contributed by atoms with van der Waals surface area (Å²) in [4.78, 5) is 8.81. The van der Waals surface area contributed by atoms with Crippen LogP contribution in [0.3, 0.4) is 0 Å². The average molecular weight is 303 g/mol. The van der Waals surface area contributed by atoms with Crippen LogP contribution in [0.2, 0.25) is 0 Å². The van der Waals surface area contributed by atoms with Crippen molar-refractivity contribution in [1.29, 1.82) is 0 Å². The SMILES string of the molecule is CC[C@H](C)OP(c1ccccn1)c1ccccn1.[Cl-].[Li+]. The number of pyridine rings is 2.